The zero-order valence-corrected chi connectivity index (χ0v) is 8.16. The minimum atomic E-state index is -2.65. The number of hydrogen-bond acceptors (Lipinski definition) is 4. The quantitative estimate of drug-likeness (QED) is 0.678. The molecule has 6 heteroatoms. The van der Waals surface area contributed by atoms with Crippen LogP contribution in [0.5, 0.6) is 0 Å². The van der Waals surface area contributed by atoms with Crippen LogP contribution in [0, 0.1) is 0 Å². The predicted octanol–water partition coefficient (Wildman–Crippen LogP) is -0.241. The van der Waals surface area contributed by atoms with Crippen LogP contribution < -0.4 is 5.73 Å². The van der Waals surface area contributed by atoms with Gasteiger partial charge in [0.1, 0.15) is 0 Å². The predicted molar refractivity (Wildman–Crippen MR) is 49.0 cm³/mol. The molecule has 2 N–H and O–H groups in total. The zero-order valence-electron chi connectivity index (χ0n) is 8.16. The van der Waals surface area contributed by atoms with E-state index in [2.05, 4.69) is 14.5 Å². The Hall–Kier alpha value is -0.300. The van der Waals surface area contributed by atoms with Crippen LogP contribution in [-0.2, 0) is 4.74 Å². The van der Waals surface area contributed by atoms with Crippen LogP contribution in [0.4, 0.5) is 8.78 Å². The minimum absolute atomic E-state index is 0.0975. The van der Waals surface area contributed by atoms with E-state index >= 15 is 0 Å². The molecule has 1 fully saturated rings. The lowest BCUT2D eigenvalue weighted by atomic mass is 10.3. The second-order valence-electron chi connectivity index (χ2n) is 3.27. The van der Waals surface area contributed by atoms with E-state index in [1.165, 1.54) is 0 Å². The monoisotopic (exact) mass is 209 g/mol. The van der Waals surface area contributed by atoms with Crippen molar-refractivity contribution in [3.8, 4) is 0 Å². The van der Waals surface area contributed by atoms with Crippen molar-refractivity contribution in [3.05, 3.63) is 0 Å². The van der Waals surface area contributed by atoms with Gasteiger partial charge < -0.3 is 10.5 Å². The van der Waals surface area contributed by atoms with Gasteiger partial charge in [0, 0.05) is 39.4 Å². The highest BCUT2D eigenvalue weighted by Gasteiger charge is 2.15. The molecule has 0 unspecified atom stereocenters. The van der Waals surface area contributed by atoms with Crippen molar-refractivity contribution in [2.45, 2.75) is 6.61 Å². The number of nitrogens with zero attached hydrogens (tertiary/aromatic N) is 2. The van der Waals surface area contributed by atoms with Crippen molar-refractivity contribution in [2.75, 3.05) is 46.0 Å². The highest BCUT2D eigenvalue weighted by molar-refractivity contribution is 4.70. The number of halogens is 2. The highest BCUT2D eigenvalue weighted by atomic mass is 19.3. The van der Waals surface area contributed by atoms with Crippen LogP contribution in [-0.4, -0.2) is 62.4 Å². The van der Waals surface area contributed by atoms with E-state index in [1.807, 2.05) is 0 Å². The lowest BCUT2D eigenvalue weighted by Gasteiger charge is -2.33. The number of rotatable bonds is 5. The summed E-state index contributed by atoms with van der Waals surface area (Å²) in [6.07, 6.45) is 0. The van der Waals surface area contributed by atoms with E-state index in [0.29, 0.717) is 13.2 Å². The third kappa shape index (κ3) is 4.28. The molecule has 4 nitrogen and oxygen atoms in total. The number of alkyl halides is 2. The zero-order chi connectivity index (χ0) is 10.4. The molecule has 0 bridgehead atoms. The minimum Gasteiger partial charge on any atom is -0.322 e. The molecule has 0 aromatic heterocycles. The molecule has 84 valence electrons. The molecule has 0 amide bonds. The van der Waals surface area contributed by atoms with Crippen LogP contribution in [0.1, 0.15) is 0 Å². The van der Waals surface area contributed by atoms with Crippen molar-refractivity contribution >= 4 is 0 Å². The third-order valence-electron chi connectivity index (χ3n) is 2.37. The molecule has 0 aromatic rings. The average molecular weight is 209 g/mol. The maximum atomic E-state index is 11.6. The normalized spacial score (nSPS) is 20.6. The van der Waals surface area contributed by atoms with Gasteiger partial charge in [-0.15, -0.1) is 0 Å². The molecule has 14 heavy (non-hydrogen) atoms. The molecule has 0 radical (unpaired) electrons. The summed E-state index contributed by atoms with van der Waals surface area (Å²) < 4.78 is 27.5. The van der Waals surface area contributed by atoms with Gasteiger partial charge in [-0.05, 0) is 0 Å². The fraction of sp³-hybridized carbons (Fsp3) is 1.00. The number of piperazine rings is 1. The Kier molecular flexibility index (Phi) is 5.24. The van der Waals surface area contributed by atoms with Gasteiger partial charge in [-0.25, -0.2) is 0 Å². The Morgan fingerprint density at radius 2 is 1.71 bits per heavy atom. The van der Waals surface area contributed by atoms with E-state index < -0.39 is 6.61 Å². The molecule has 0 saturated carbocycles. The molecule has 1 rings (SSSR count). The van der Waals surface area contributed by atoms with Gasteiger partial charge >= 0.3 is 6.61 Å². The molecule has 1 heterocycles. The van der Waals surface area contributed by atoms with Crippen molar-refractivity contribution in [1.82, 2.24) is 9.80 Å². The smallest absolute Gasteiger partial charge is 0.322 e. The topological polar surface area (TPSA) is 41.7 Å². The summed E-state index contributed by atoms with van der Waals surface area (Å²) in [5, 5.41) is 0. The largest absolute Gasteiger partial charge is 0.345 e. The molecular formula is C8H17F2N3O. The van der Waals surface area contributed by atoms with Crippen LogP contribution in [0.15, 0.2) is 0 Å². The SMILES string of the molecule is NCN1CCN(CCOC(F)F)CC1. The van der Waals surface area contributed by atoms with Crippen LogP contribution in [0.2, 0.25) is 0 Å². The van der Waals surface area contributed by atoms with Gasteiger partial charge in [-0.2, -0.15) is 8.78 Å². The molecule has 1 aliphatic heterocycles. The maximum Gasteiger partial charge on any atom is 0.345 e. The summed E-state index contributed by atoms with van der Waals surface area (Å²) in [6.45, 7) is 2.16. The van der Waals surface area contributed by atoms with Crippen molar-refractivity contribution in [1.29, 1.82) is 0 Å². The standard InChI is InChI=1S/C8H17F2N3O/c9-8(10)14-6-5-12-1-3-13(7-11)4-2-12/h8H,1-7,11H2. The first-order valence-corrected chi connectivity index (χ1v) is 4.77. The van der Waals surface area contributed by atoms with Gasteiger partial charge in [0.05, 0.1) is 6.61 Å². The van der Waals surface area contributed by atoms with Gasteiger partial charge in [-0.3, -0.25) is 9.80 Å². The van der Waals surface area contributed by atoms with Crippen molar-refractivity contribution in [3.63, 3.8) is 0 Å². The third-order valence-corrected chi connectivity index (χ3v) is 2.37. The van der Waals surface area contributed by atoms with Crippen LogP contribution >= 0.6 is 0 Å². The summed E-state index contributed by atoms with van der Waals surface area (Å²) in [5.74, 6) is 0. The Morgan fingerprint density at radius 1 is 1.14 bits per heavy atom. The summed E-state index contributed by atoms with van der Waals surface area (Å²) >= 11 is 0. The highest BCUT2D eigenvalue weighted by Crippen LogP contribution is 2.00. The van der Waals surface area contributed by atoms with E-state index in [-0.39, 0.29) is 6.61 Å². The first-order valence-electron chi connectivity index (χ1n) is 4.77. The fourth-order valence-corrected chi connectivity index (χ4v) is 1.47. The number of hydrogen-bond donors (Lipinski definition) is 1. The number of nitrogens with two attached hydrogens (primary N) is 1. The Morgan fingerprint density at radius 3 is 2.21 bits per heavy atom. The maximum absolute atomic E-state index is 11.6. The van der Waals surface area contributed by atoms with Crippen LogP contribution in [0.25, 0.3) is 0 Å². The molecule has 1 saturated heterocycles. The second kappa shape index (κ2) is 6.23. The molecular weight excluding hydrogens is 192 g/mol. The number of ether oxygens (including phenoxy) is 1. The van der Waals surface area contributed by atoms with E-state index in [4.69, 9.17) is 5.73 Å². The lowest BCUT2D eigenvalue weighted by Crippen LogP contribution is -2.48. The molecule has 0 aliphatic carbocycles. The van der Waals surface area contributed by atoms with Gasteiger partial charge in [-0.1, -0.05) is 0 Å². The summed E-state index contributed by atoms with van der Waals surface area (Å²) in [6, 6.07) is 0. The van der Waals surface area contributed by atoms with E-state index in [9.17, 15) is 8.78 Å². The lowest BCUT2D eigenvalue weighted by molar-refractivity contribution is -0.132. The molecule has 0 atom stereocenters. The first kappa shape index (κ1) is 11.8. The molecule has 0 spiro atoms. The fourth-order valence-electron chi connectivity index (χ4n) is 1.47. The average Bonchev–Trinajstić information content (AvgIpc) is 2.18. The van der Waals surface area contributed by atoms with Gasteiger partial charge in [0.2, 0.25) is 0 Å². The van der Waals surface area contributed by atoms with E-state index in [0.717, 1.165) is 26.2 Å². The Bertz CT molecular complexity index is 152. The second-order valence-corrected chi connectivity index (χ2v) is 3.27. The molecule has 0 aromatic carbocycles. The summed E-state index contributed by atoms with van der Waals surface area (Å²) in [5.41, 5.74) is 5.47. The summed E-state index contributed by atoms with van der Waals surface area (Å²) in [7, 11) is 0. The first-order chi connectivity index (χ1) is 6.72. The van der Waals surface area contributed by atoms with Crippen molar-refractivity contribution in [2.24, 2.45) is 5.73 Å². The Labute approximate surface area is 82.6 Å². The summed E-state index contributed by atoms with van der Waals surface area (Å²) in [4.78, 5) is 4.24. The van der Waals surface area contributed by atoms with Gasteiger partial charge in [0.25, 0.3) is 0 Å². The van der Waals surface area contributed by atoms with Gasteiger partial charge in [0.15, 0.2) is 0 Å². The Balaban J connectivity index is 2.04. The van der Waals surface area contributed by atoms with Crippen molar-refractivity contribution < 1.29 is 13.5 Å². The van der Waals surface area contributed by atoms with Crippen LogP contribution in [0.3, 0.4) is 0 Å². The van der Waals surface area contributed by atoms with E-state index in [1.54, 1.807) is 0 Å². The molecule has 1 aliphatic rings.